The fraction of sp³-hybridized carbons (Fsp3) is 0.304. The first-order chi connectivity index (χ1) is 15.3. The molecule has 9 heteroatoms. The van der Waals surface area contributed by atoms with Crippen LogP contribution in [-0.2, 0) is 4.79 Å². The summed E-state index contributed by atoms with van der Waals surface area (Å²) in [5.41, 5.74) is 1.67. The van der Waals surface area contributed by atoms with Crippen molar-refractivity contribution in [3.8, 4) is 17.2 Å². The quantitative estimate of drug-likeness (QED) is 0.221. The molecule has 0 N–H and O–H groups in total. The van der Waals surface area contributed by atoms with Gasteiger partial charge >= 0.3 is 0 Å². The lowest BCUT2D eigenvalue weighted by Gasteiger charge is -2.15. The van der Waals surface area contributed by atoms with Gasteiger partial charge in [0.25, 0.3) is 5.91 Å². The highest BCUT2D eigenvalue weighted by atomic mass is 35.5. The van der Waals surface area contributed by atoms with E-state index in [0.717, 1.165) is 11.1 Å². The Balaban J connectivity index is 1.71. The Hall–Kier alpha value is -1.93. The zero-order valence-electron chi connectivity index (χ0n) is 17.9. The van der Waals surface area contributed by atoms with E-state index in [4.69, 9.17) is 49.6 Å². The smallest absolute Gasteiger partial charge is 0.266 e. The number of halogens is 2. The molecule has 0 aliphatic carbocycles. The van der Waals surface area contributed by atoms with Gasteiger partial charge in [-0.25, -0.2) is 0 Å². The van der Waals surface area contributed by atoms with E-state index in [-0.39, 0.29) is 12.5 Å². The molecule has 1 aliphatic rings. The summed E-state index contributed by atoms with van der Waals surface area (Å²) in [7, 11) is 0. The number of hydrogen-bond donors (Lipinski definition) is 0. The van der Waals surface area contributed by atoms with Crippen molar-refractivity contribution in [3.63, 3.8) is 0 Å². The van der Waals surface area contributed by atoms with E-state index in [2.05, 4.69) is 0 Å². The van der Waals surface area contributed by atoms with Gasteiger partial charge < -0.3 is 14.2 Å². The highest BCUT2D eigenvalue weighted by Crippen LogP contribution is 2.39. The second-order valence-electron chi connectivity index (χ2n) is 6.80. The van der Waals surface area contributed by atoms with E-state index in [1.807, 2.05) is 32.9 Å². The van der Waals surface area contributed by atoms with Crippen LogP contribution < -0.4 is 14.2 Å². The second-order valence-corrected chi connectivity index (χ2v) is 9.29. The molecule has 0 spiro atoms. The lowest BCUT2D eigenvalue weighted by Crippen LogP contribution is -2.27. The summed E-state index contributed by atoms with van der Waals surface area (Å²) in [6, 6.07) is 9.01. The van der Waals surface area contributed by atoms with E-state index in [0.29, 0.717) is 56.3 Å². The number of carbonyl (C=O) groups is 1. The van der Waals surface area contributed by atoms with Gasteiger partial charge in [0.2, 0.25) is 0 Å². The summed E-state index contributed by atoms with van der Waals surface area (Å²) in [5.74, 6) is 1.54. The maximum atomic E-state index is 12.5. The molecule has 2 aromatic rings. The van der Waals surface area contributed by atoms with Gasteiger partial charge in [-0.3, -0.25) is 9.69 Å². The number of benzene rings is 2. The molecule has 0 unspecified atom stereocenters. The molecule has 170 valence electrons. The Morgan fingerprint density at radius 1 is 1.06 bits per heavy atom. The number of thiocarbonyl (C=S) groups is 1. The second kappa shape index (κ2) is 11.3. The highest BCUT2D eigenvalue weighted by molar-refractivity contribution is 8.26. The normalized spacial score (nSPS) is 14.9. The van der Waals surface area contributed by atoms with Gasteiger partial charge in [0.15, 0.2) is 11.5 Å². The molecule has 0 radical (unpaired) electrons. The van der Waals surface area contributed by atoms with Crippen LogP contribution in [0.25, 0.3) is 6.08 Å². The van der Waals surface area contributed by atoms with Crippen LogP contribution in [0.5, 0.6) is 17.2 Å². The maximum Gasteiger partial charge on any atom is 0.266 e. The number of carbonyl (C=O) groups excluding carboxylic acids is 1. The van der Waals surface area contributed by atoms with Gasteiger partial charge in [-0.1, -0.05) is 47.2 Å². The molecule has 1 saturated heterocycles. The molecule has 1 aliphatic heterocycles. The molecular formula is C23H23Cl2NO4S2. The molecule has 2 aromatic carbocycles. The standard InChI is InChI=1S/C23H23Cl2NO4S2/c1-4-26-22(27)20(32-23(26)31)13-15-11-18(25)21(19(12-15)28-5-2)30-9-8-29-16-6-7-17(24)14(3)10-16/h6-7,10-13H,4-5,8-9H2,1-3H3/b20-13-. The molecule has 1 fully saturated rings. The summed E-state index contributed by atoms with van der Waals surface area (Å²) in [6.07, 6.45) is 1.76. The summed E-state index contributed by atoms with van der Waals surface area (Å²) < 4.78 is 17.9. The number of thioether (sulfide) groups is 1. The zero-order valence-corrected chi connectivity index (χ0v) is 21.1. The van der Waals surface area contributed by atoms with E-state index in [1.165, 1.54) is 11.8 Å². The van der Waals surface area contributed by atoms with E-state index < -0.39 is 0 Å². The van der Waals surface area contributed by atoms with Gasteiger partial charge in [-0.2, -0.15) is 0 Å². The summed E-state index contributed by atoms with van der Waals surface area (Å²) in [4.78, 5) is 14.6. The Morgan fingerprint density at radius 2 is 1.81 bits per heavy atom. The monoisotopic (exact) mass is 511 g/mol. The number of ether oxygens (including phenoxy) is 3. The molecule has 0 atom stereocenters. The van der Waals surface area contributed by atoms with Gasteiger partial charge in [0.1, 0.15) is 23.3 Å². The Kier molecular flexibility index (Phi) is 8.71. The fourth-order valence-electron chi connectivity index (χ4n) is 3.01. The average molecular weight is 512 g/mol. The van der Waals surface area contributed by atoms with Crippen LogP contribution in [0.15, 0.2) is 35.2 Å². The molecule has 5 nitrogen and oxygen atoms in total. The third-order valence-corrected chi connectivity index (χ3v) is 6.63. The highest BCUT2D eigenvalue weighted by Gasteiger charge is 2.30. The predicted octanol–water partition coefficient (Wildman–Crippen LogP) is 6.38. The fourth-order valence-corrected chi connectivity index (χ4v) is 4.78. The van der Waals surface area contributed by atoms with Crippen LogP contribution in [0.4, 0.5) is 0 Å². The summed E-state index contributed by atoms with van der Waals surface area (Å²) in [5, 5.41) is 1.08. The molecular weight excluding hydrogens is 489 g/mol. The van der Waals surface area contributed by atoms with Gasteiger partial charge in [0, 0.05) is 11.6 Å². The van der Waals surface area contributed by atoms with Crippen LogP contribution in [0, 0.1) is 6.92 Å². The van der Waals surface area contributed by atoms with Crippen molar-refractivity contribution in [1.29, 1.82) is 0 Å². The Morgan fingerprint density at radius 3 is 2.47 bits per heavy atom. The lowest BCUT2D eigenvalue weighted by atomic mass is 10.1. The first kappa shape index (κ1) is 24.7. The predicted molar refractivity (Wildman–Crippen MR) is 135 cm³/mol. The van der Waals surface area contributed by atoms with Crippen molar-refractivity contribution in [2.24, 2.45) is 0 Å². The number of hydrogen-bond acceptors (Lipinski definition) is 6. The third kappa shape index (κ3) is 5.90. The van der Waals surface area contributed by atoms with E-state index in [9.17, 15) is 4.79 Å². The average Bonchev–Trinajstić information content (AvgIpc) is 3.01. The van der Waals surface area contributed by atoms with Crippen LogP contribution in [0.1, 0.15) is 25.0 Å². The topological polar surface area (TPSA) is 48.0 Å². The van der Waals surface area contributed by atoms with Crippen molar-refractivity contribution in [2.45, 2.75) is 20.8 Å². The van der Waals surface area contributed by atoms with Crippen molar-refractivity contribution in [3.05, 3.63) is 56.4 Å². The van der Waals surface area contributed by atoms with Gasteiger partial charge in [-0.15, -0.1) is 0 Å². The van der Waals surface area contributed by atoms with E-state index >= 15 is 0 Å². The van der Waals surface area contributed by atoms with Gasteiger partial charge in [0.05, 0.1) is 16.5 Å². The van der Waals surface area contributed by atoms with Crippen LogP contribution in [0.3, 0.4) is 0 Å². The summed E-state index contributed by atoms with van der Waals surface area (Å²) in [6.45, 7) is 7.26. The van der Waals surface area contributed by atoms with Crippen LogP contribution in [0.2, 0.25) is 10.0 Å². The molecule has 0 saturated carbocycles. The maximum absolute atomic E-state index is 12.5. The Bertz CT molecular complexity index is 1060. The minimum absolute atomic E-state index is 0.105. The minimum Gasteiger partial charge on any atom is -0.490 e. The summed E-state index contributed by atoms with van der Waals surface area (Å²) >= 11 is 19.1. The van der Waals surface area contributed by atoms with Crippen molar-refractivity contribution in [2.75, 3.05) is 26.4 Å². The first-order valence-corrected chi connectivity index (χ1v) is 12.1. The molecule has 3 rings (SSSR count). The van der Waals surface area contributed by atoms with Crippen molar-refractivity contribution in [1.82, 2.24) is 4.90 Å². The molecule has 1 heterocycles. The Labute approximate surface area is 207 Å². The zero-order chi connectivity index (χ0) is 23.3. The molecule has 32 heavy (non-hydrogen) atoms. The van der Waals surface area contributed by atoms with E-state index in [1.54, 1.807) is 29.2 Å². The van der Waals surface area contributed by atoms with Gasteiger partial charge in [-0.05, 0) is 68.3 Å². The first-order valence-electron chi connectivity index (χ1n) is 10.1. The molecule has 1 amide bonds. The van der Waals surface area contributed by atoms with Crippen molar-refractivity contribution >= 4 is 63.5 Å². The minimum atomic E-state index is -0.105. The van der Waals surface area contributed by atoms with Crippen molar-refractivity contribution < 1.29 is 19.0 Å². The largest absolute Gasteiger partial charge is 0.490 e. The molecule has 0 aromatic heterocycles. The number of rotatable bonds is 9. The number of aryl methyl sites for hydroxylation is 1. The third-order valence-electron chi connectivity index (χ3n) is 4.55. The van der Waals surface area contributed by atoms with Crippen LogP contribution in [-0.4, -0.2) is 41.5 Å². The van der Waals surface area contributed by atoms with Crippen LogP contribution >= 0.6 is 47.2 Å². The number of amides is 1. The number of likely N-dealkylation sites (N-methyl/N-ethyl adjacent to an activating group) is 1. The lowest BCUT2D eigenvalue weighted by molar-refractivity contribution is -0.121. The number of nitrogens with zero attached hydrogens (tertiary/aromatic N) is 1. The SMILES string of the molecule is CCOc1cc(/C=C2\SC(=S)N(CC)C2=O)cc(Cl)c1OCCOc1ccc(Cl)c(C)c1. The molecule has 0 bridgehead atoms.